The summed E-state index contributed by atoms with van der Waals surface area (Å²) in [4.78, 5) is 14.8. The molecule has 7 nitrogen and oxygen atoms in total. The lowest BCUT2D eigenvalue weighted by atomic mass is 10.5. The summed E-state index contributed by atoms with van der Waals surface area (Å²) in [6.45, 7) is 5.73. The molecule has 2 heterocycles. The molecule has 0 radical (unpaired) electrons. The second-order valence-electron chi connectivity index (χ2n) is 3.59. The standard InChI is InChI=1S/C10H15N7S3/c1-4-17(5-2)7-12-6(11)13-8(14-7)19-10-16-15-9(18-3)20-10/h4-5H2,1-3H3,(H2,11,12,13,14). The zero-order valence-electron chi connectivity index (χ0n) is 11.4. The van der Waals surface area contributed by atoms with Gasteiger partial charge in [-0.15, -0.1) is 10.2 Å². The minimum absolute atomic E-state index is 0.221. The Bertz CT molecular complexity index is 570. The monoisotopic (exact) mass is 329 g/mol. The van der Waals surface area contributed by atoms with E-state index < -0.39 is 0 Å². The number of nitrogens with two attached hydrogens (primary N) is 1. The van der Waals surface area contributed by atoms with Crippen LogP contribution in [0.4, 0.5) is 11.9 Å². The number of hydrogen-bond donors (Lipinski definition) is 1. The first-order valence-electron chi connectivity index (χ1n) is 5.98. The molecular formula is C10H15N7S3. The quantitative estimate of drug-likeness (QED) is 0.799. The van der Waals surface area contributed by atoms with E-state index in [9.17, 15) is 0 Å². The van der Waals surface area contributed by atoms with E-state index in [1.54, 1.807) is 11.8 Å². The molecule has 108 valence electrons. The molecule has 2 aromatic heterocycles. The zero-order chi connectivity index (χ0) is 14.5. The van der Waals surface area contributed by atoms with Gasteiger partial charge >= 0.3 is 0 Å². The first-order valence-corrected chi connectivity index (χ1v) is 8.83. The maximum atomic E-state index is 5.75. The van der Waals surface area contributed by atoms with Crippen molar-refractivity contribution in [2.45, 2.75) is 27.7 Å². The molecular weight excluding hydrogens is 314 g/mol. The van der Waals surface area contributed by atoms with Crippen LogP contribution in [0.5, 0.6) is 0 Å². The van der Waals surface area contributed by atoms with E-state index in [4.69, 9.17) is 5.73 Å². The van der Waals surface area contributed by atoms with Crippen LogP contribution in [0, 0.1) is 0 Å². The van der Waals surface area contributed by atoms with Crippen LogP contribution in [-0.2, 0) is 0 Å². The highest BCUT2D eigenvalue weighted by molar-refractivity contribution is 8.02. The van der Waals surface area contributed by atoms with Crippen LogP contribution >= 0.6 is 34.9 Å². The molecule has 0 saturated carbocycles. The largest absolute Gasteiger partial charge is 0.368 e. The van der Waals surface area contributed by atoms with Crippen molar-refractivity contribution in [3.8, 4) is 0 Å². The molecule has 0 unspecified atom stereocenters. The topological polar surface area (TPSA) is 93.7 Å². The summed E-state index contributed by atoms with van der Waals surface area (Å²) in [5.74, 6) is 0.818. The van der Waals surface area contributed by atoms with Gasteiger partial charge < -0.3 is 10.6 Å². The van der Waals surface area contributed by atoms with Crippen LogP contribution in [0.25, 0.3) is 0 Å². The van der Waals surface area contributed by atoms with Gasteiger partial charge in [0.2, 0.25) is 17.1 Å². The van der Waals surface area contributed by atoms with Crippen molar-refractivity contribution < 1.29 is 0 Å². The fraction of sp³-hybridized carbons (Fsp3) is 0.500. The maximum absolute atomic E-state index is 5.75. The summed E-state index contributed by atoms with van der Waals surface area (Å²) in [5.41, 5.74) is 5.75. The average molecular weight is 329 g/mol. The SMILES string of the molecule is CCN(CC)c1nc(N)nc(Sc2nnc(SC)s2)n1. The number of anilines is 2. The molecule has 0 fully saturated rings. The summed E-state index contributed by atoms with van der Waals surface area (Å²) in [7, 11) is 0. The molecule has 0 aliphatic rings. The molecule has 0 aliphatic carbocycles. The lowest BCUT2D eigenvalue weighted by Crippen LogP contribution is -2.25. The lowest BCUT2D eigenvalue weighted by molar-refractivity contribution is 0.786. The normalized spacial score (nSPS) is 10.8. The fourth-order valence-electron chi connectivity index (χ4n) is 1.45. The Kier molecular flexibility index (Phi) is 5.38. The Labute approximate surface area is 129 Å². The minimum Gasteiger partial charge on any atom is -0.368 e. The van der Waals surface area contributed by atoms with Crippen molar-refractivity contribution in [3.05, 3.63) is 0 Å². The Morgan fingerprint density at radius 2 is 1.80 bits per heavy atom. The van der Waals surface area contributed by atoms with Crippen molar-refractivity contribution in [2.24, 2.45) is 0 Å². The van der Waals surface area contributed by atoms with E-state index in [1.807, 2.05) is 25.0 Å². The molecule has 0 saturated heterocycles. The summed E-state index contributed by atoms with van der Waals surface area (Å²) in [6.07, 6.45) is 1.97. The van der Waals surface area contributed by atoms with Gasteiger partial charge in [0.15, 0.2) is 8.68 Å². The third kappa shape index (κ3) is 3.70. The van der Waals surface area contributed by atoms with E-state index in [-0.39, 0.29) is 5.95 Å². The van der Waals surface area contributed by atoms with Gasteiger partial charge in [-0.05, 0) is 31.9 Å². The van der Waals surface area contributed by atoms with E-state index in [1.165, 1.54) is 23.1 Å². The van der Waals surface area contributed by atoms with Gasteiger partial charge in [0.25, 0.3) is 0 Å². The van der Waals surface area contributed by atoms with Crippen LogP contribution in [-0.4, -0.2) is 44.5 Å². The first kappa shape index (κ1) is 15.3. The molecule has 0 aliphatic heterocycles. The Balaban J connectivity index is 2.23. The number of thioether (sulfide) groups is 1. The van der Waals surface area contributed by atoms with Gasteiger partial charge in [0.05, 0.1) is 0 Å². The van der Waals surface area contributed by atoms with Crippen LogP contribution in [0.2, 0.25) is 0 Å². The molecule has 0 amide bonds. The third-order valence-electron chi connectivity index (χ3n) is 2.41. The molecule has 0 aromatic carbocycles. The van der Waals surface area contributed by atoms with Crippen molar-refractivity contribution in [1.29, 1.82) is 0 Å². The van der Waals surface area contributed by atoms with Gasteiger partial charge in [-0.3, -0.25) is 0 Å². The lowest BCUT2D eigenvalue weighted by Gasteiger charge is -2.18. The second-order valence-corrected chi connectivity index (χ2v) is 6.83. The maximum Gasteiger partial charge on any atom is 0.231 e. The van der Waals surface area contributed by atoms with Gasteiger partial charge in [0, 0.05) is 13.1 Å². The van der Waals surface area contributed by atoms with E-state index in [0.717, 1.165) is 21.8 Å². The average Bonchev–Trinajstić information content (AvgIpc) is 2.87. The van der Waals surface area contributed by atoms with Crippen molar-refractivity contribution in [3.63, 3.8) is 0 Å². The number of hydrogen-bond acceptors (Lipinski definition) is 10. The first-order chi connectivity index (χ1) is 9.66. The molecule has 2 N–H and O–H groups in total. The summed E-state index contributed by atoms with van der Waals surface area (Å²) >= 11 is 4.43. The van der Waals surface area contributed by atoms with Crippen LogP contribution in [0.1, 0.15) is 13.8 Å². The molecule has 2 rings (SSSR count). The number of nitrogens with zero attached hydrogens (tertiary/aromatic N) is 6. The van der Waals surface area contributed by atoms with Crippen molar-refractivity contribution in [1.82, 2.24) is 25.1 Å². The predicted octanol–water partition coefficient (Wildman–Crippen LogP) is 2.02. The Hall–Kier alpha value is -1.13. The number of rotatable bonds is 6. The highest BCUT2D eigenvalue weighted by Crippen LogP contribution is 2.31. The zero-order valence-corrected chi connectivity index (χ0v) is 13.8. The Morgan fingerprint density at radius 3 is 2.40 bits per heavy atom. The van der Waals surface area contributed by atoms with Gasteiger partial charge in [-0.2, -0.15) is 15.0 Å². The van der Waals surface area contributed by atoms with Gasteiger partial charge in [-0.25, -0.2) is 0 Å². The second kappa shape index (κ2) is 7.04. The number of aromatic nitrogens is 5. The summed E-state index contributed by atoms with van der Waals surface area (Å²) < 4.78 is 1.71. The molecule has 0 atom stereocenters. The highest BCUT2D eigenvalue weighted by atomic mass is 32.2. The highest BCUT2D eigenvalue weighted by Gasteiger charge is 2.13. The van der Waals surface area contributed by atoms with E-state index >= 15 is 0 Å². The third-order valence-corrected chi connectivity index (χ3v) is 5.22. The predicted molar refractivity (Wildman–Crippen MR) is 83.6 cm³/mol. The Morgan fingerprint density at radius 1 is 1.10 bits per heavy atom. The molecule has 2 aromatic rings. The van der Waals surface area contributed by atoms with Crippen LogP contribution in [0.3, 0.4) is 0 Å². The summed E-state index contributed by atoms with van der Waals surface area (Å²) in [6, 6.07) is 0. The van der Waals surface area contributed by atoms with E-state index in [0.29, 0.717) is 11.1 Å². The van der Waals surface area contributed by atoms with Crippen molar-refractivity contribution in [2.75, 3.05) is 30.0 Å². The van der Waals surface area contributed by atoms with Crippen LogP contribution in [0.15, 0.2) is 13.8 Å². The van der Waals surface area contributed by atoms with Crippen LogP contribution < -0.4 is 10.6 Å². The van der Waals surface area contributed by atoms with Gasteiger partial charge in [-0.1, -0.05) is 23.1 Å². The van der Waals surface area contributed by atoms with Gasteiger partial charge in [0.1, 0.15) is 0 Å². The number of nitrogen functional groups attached to an aromatic ring is 1. The summed E-state index contributed by atoms with van der Waals surface area (Å²) in [5, 5.41) is 8.67. The van der Waals surface area contributed by atoms with E-state index in [2.05, 4.69) is 25.1 Å². The molecule has 20 heavy (non-hydrogen) atoms. The molecule has 10 heteroatoms. The molecule has 0 spiro atoms. The molecule has 0 bridgehead atoms. The minimum atomic E-state index is 0.221. The fourth-order valence-corrected chi connectivity index (χ4v) is 3.75. The van der Waals surface area contributed by atoms with Crippen molar-refractivity contribution >= 4 is 46.8 Å². The smallest absolute Gasteiger partial charge is 0.231 e.